The van der Waals surface area contributed by atoms with Gasteiger partial charge in [-0.05, 0) is 68.6 Å². The lowest BCUT2D eigenvalue weighted by atomic mass is 9.75. The van der Waals surface area contributed by atoms with Crippen LogP contribution in [-0.4, -0.2) is 74.5 Å². The van der Waals surface area contributed by atoms with E-state index >= 15 is 0 Å². The molecule has 1 saturated heterocycles. The summed E-state index contributed by atoms with van der Waals surface area (Å²) in [6.45, 7) is 0.174. The number of carbonyl (C=O) groups is 4. The molecule has 42 heavy (non-hydrogen) atoms. The summed E-state index contributed by atoms with van der Waals surface area (Å²) in [7, 11) is 4.66. The summed E-state index contributed by atoms with van der Waals surface area (Å²) in [6.07, 6.45) is 9.70. The molecule has 11 nitrogen and oxygen atoms in total. The van der Waals surface area contributed by atoms with Crippen LogP contribution in [0, 0.1) is 5.92 Å². The van der Waals surface area contributed by atoms with E-state index in [9.17, 15) is 19.2 Å². The van der Waals surface area contributed by atoms with Crippen LogP contribution in [0.4, 0.5) is 0 Å². The highest BCUT2D eigenvalue weighted by atomic mass is 16.5. The first kappa shape index (κ1) is 31.4. The van der Waals surface area contributed by atoms with Crippen molar-refractivity contribution in [3.8, 4) is 17.2 Å². The number of piperidine rings is 1. The number of benzene rings is 1. The largest absolute Gasteiger partial charge is 0.493 e. The second kappa shape index (κ2) is 14.1. The topological polar surface area (TPSA) is 149 Å². The number of ether oxygens (including phenoxy) is 3. The maximum atomic E-state index is 14.6. The molecule has 1 heterocycles. The molecule has 2 aliphatic carbocycles. The number of hydrogen-bond donors (Lipinski definition) is 3. The van der Waals surface area contributed by atoms with Crippen LogP contribution in [0.15, 0.2) is 12.1 Å². The molecule has 1 aromatic carbocycles. The number of carbonyl (C=O) groups excluding carboxylic acids is 4. The predicted octanol–water partition coefficient (Wildman–Crippen LogP) is 2.79. The SMILES string of the molecule is COc1cc([C@@H](C(=O)N2CCCCC2C(=O)NC2(C(=O)NCC(N)=O)CCCC2)C2CCCCC2)cc(OC)c1OC. The van der Waals surface area contributed by atoms with Crippen molar-refractivity contribution in [2.24, 2.45) is 11.7 Å². The number of methoxy groups -OCH3 is 3. The lowest BCUT2D eigenvalue weighted by molar-refractivity contribution is -0.146. The first-order valence-electron chi connectivity index (χ1n) is 15.2. The Bertz CT molecular complexity index is 1120. The van der Waals surface area contributed by atoms with Gasteiger partial charge in [-0.2, -0.15) is 0 Å². The molecule has 3 aliphatic rings. The minimum Gasteiger partial charge on any atom is -0.493 e. The molecule has 2 saturated carbocycles. The van der Waals surface area contributed by atoms with Gasteiger partial charge in [0.2, 0.25) is 29.4 Å². The van der Waals surface area contributed by atoms with Gasteiger partial charge in [-0.1, -0.05) is 32.1 Å². The molecule has 0 spiro atoms. The first-order chi connectivity index (χ1) is 20.2. The van der Waals surface area contributed by atoms with Gasteiger partial charge in [0.1, 0.15) is 11.6 Å². The highest BCUT2D eigenvalue weighted by molar-refractivity contribution is 5.97. The van der Waals surface area contributed by atoms with E-state index < -0.39 is 29.3 Å². The minimum absolute atomic E-state index is 0.0883. The van der Waals surface area contributed by atoms with E-state index in [0.29, 0.717) is 43.1 Å². The van der Waals surface area contributed by atoms with Crippen LogP contribution in [0.3, 0.4) is 0 Å². The molecule has 1 unspecified atom stereocenters. The molecule has 0 radical (unpaired) electrons. The third-order valence-corrected chi connectivity index (χ3v) is 9.20. The molecule has 4 amide bonds. The van der Waals surface area contributed by atoms with Crippen molar-refractivity contribution in [2.75, 3.05) is 34.4 Å². The zero-order chi connectivity index (χ0) is 30.3. The third-order valence-electron chi connectivity index (χ3n) is 9.20. The van der Waals surface area contributed by atoms with E-state index in [0.717, 1.165) is 63.4 Å². The zero-order valence-electron chi connectivity index (χ0n) is 25.2. The van der Waals surface area contributed by atoms with Crippen molar-refractivity contribution in [3.63, 3.8) is 0 Å². The van der Waals surface area contributed by atoms with Crippen LogP contribution in [0.1, 0.15) is 88.5 Å². The van der Waals surface area contributed by atoms with Crippen molar-refractivity contribution in [1.82, 2.24) is 15.5 Å². The van der Waals surface area contributed by atoms with Gasteiger partial charge in [-0.25, -0.2) is 0 Å². The molecule has 3 fully saturated rings. The van der Waals surface area contributed by atoms with E-state index in [4.69, 9.17) is 19.9 Å². The second-order valence-electron chi connectivity index (χ2n) is 11.8. The fourth-order valence-electron chi connectivity index (χ4n) is 7.05. The van der Waals surface area contributed by atoms with Crippen LogP contribution >= 0.6 is 0 Å². The summed E-state index contributed by atoms with van der Waals surface area (Å²) in [6, 6.07) is 3.02. The summed E-state index contributed by atoms with van der Waals surface area (Å²) in [5.41, 5.74) is 4.90. The van der Waals surface area contributed by atoms with Crippen molar-refractivity contribution in [3.05, 3.63) is 17.7 Å². The Labute approximate surface area is 248 Å². The van der Waals surface area contributed by atoms with Crippen molar-refractivity contribution in [1.29, 1.82) is 0 Å². The summed E-state index contributed by atoms with van der Waals surface area (Å²) >= 11 is 0. The molecule has 0 bridgehead atoms. The lowest BCUT2D eigenvalue weighted by Crippen LogP contribution is -2.62. The maximum absolute atomic E-state index is 14.6. The smallest absolute Gasteiger partial charge is 0.246 e. The molecule has 0 aromatic heterocycles. The number of nitrogens with two attached hydrogens (primary N) is 1. The van der Waals surface area contributed by atoms with Crippen LogP contribution in [0.5, 0.6) is 17.2 Å². The lowest BCUT2D eigenvalue weighted by Gasteiger charge is -2.41. The normalized spacial score (nSPS) is 21.2. The summed E-state index contributed by atoms with van der Waals surface area (Å²) in [5.74, 6) is -0.401. The monoisotopic (exact) mass is 586 g/mol. The van der Waals surface area contributed by atoms with Gasteiger partial charge in [-0.3, -0.25) is 19.2 Å². The second-order valence-corrected chi connectivity index (χ2v) is 11.8. The fraction of sp³-hybridized carbons (Fsp3) is 0.677. The molecule has 4 rings (SSSR count). The Kier molecular flexibility index (Phi) is 10.6. The van der Waals surface area contributed by atoms with Gasteiger partial charge in [0.25, 0.3) is 0 Å². The average Bonchev–Trinajstić information content (AvgIpc) is 3.49. The van der Waals surface area contributed by atoms with Gasteiger partial charge in [0.15, 0.2) is 11.5 Å². The van der Waals surface area contributed by atoms with E-state index in [1.165, 1.54) is 0 Å². The molecular formula is C31H46N4O7. The molecular weight excluding hydrogens is 540 g/mol. The zero-order valence-corrected chi connectivity index (χ0v) is 25.2. The molecule has 4 N–H and O–H groups in total. The molecule has 232 valence electrons. The van der Waals surface area contributed by atoms with Crippen molar-refractivity contribution < 1.29 is 33.4 Å². The average molecular weight is 587 g/mol. The summed E-state index contributed by atoms with van der Waals surface area (Å²) in [5, 5.41) is 5.60. The highest BCUT2D eigenvalue weighted by Gasteiger charge is 2.46. The molecule has 1 aromatic rings. The van der Waals surface area contributed by atoms with Gasteiger partial charge in [0, 0.05) is 6.54 Å². The third kappa shape index (κ3) is 6.76. The number of hydrogen-bond acceptors (Lipinski definition) is 7. The Morgan fingerprint density at radius 1 is 0.905 bits per heavy atom. The number of likely N-dealkylation sites (tertiary alicyclic amines) is 1. The minimum atomic E-state index is -1.11. The van der Waals surface area contributed by atoms with E-state index in [2.05, 4.69) is 10.6 Å². The van der Waals surface area contributed by atoms with Crippen LogP contribution in [-0.2, 0) is 19.2 Å². The number of rotatable bonds is 11. The number of amides is 4. The van der Waals surface area contributed by atoms with Crippen LogP contribution < -0.4 is 30.6 Å². The number of primary amides is 1. The van der Waals surface area contributed by atoms with Gasteiger partial charge >= 0.3 is 0 Å². The number of nitrogens with one attached hydrogen (secondary N) is 2. The van der Waals surface area contributed by atoms with Crippen LogP contribution in [0.25, 0.3) is 0 Å². The predicted molar refractivity (Wildman–Crippen MR) is 156 cm³/mol. The number of nitrogens with zero attached hydrogens (tertiary/aromatic N) is 1. The van der Waals surface area contributed by atoms with E-state index in [-0.39, 0.29) is 24.3 Å². The Hall–Kier alpha value is -3.50. The fourth-order valence-corrected chi connectivity index (χ4v) is 7.05. The van der Waals surface area contributed by atoms with E-state index in [1.54, 1.807) is 26.2 Å². The van der Waals surface area contributed by atoms with Gasteiger partial charge in [0.05, 0.1) is 33.8 Å². The van der Waals surface area contributed by atoms with E-state index in [1.807, 2.05) is 12.1 Å². The van der Waals surface area contributed by atoms with Crippen molar-refractivity contribution in [2.45, 2.75) is 94.5 Å². The first-order valence-corrected chi connectivity index (χ1v) is 15.2. The summed E-state index contributed by atoms with van der Waals surface area (Å²) in [4.78, 5) is 54.6. The molecule has 2 atom stereocenters. The van der Waals surface area contributed by atoms with Gasteiger partial charge in [-0.15, -0.1) is 0 Å². The van der Waals surface area contributed by atoms with Gasteiger partial charge < -0.3 is 35.5 Å². The Balaban J connectivity index is 1.65. The maximum Gasteiger partial charge on any atom is 0.246 e. The Morgan fingerprint density at radius 2 is 1.52 bits per heavy atom. The Morgan fingerprint density at radius 3 is 2.10 bits per heavy atom. The molecule has 1 aliphatic heterocycles. The summed E-state index contributed by atoms with van der Waals surface area (Å²) < 4.78 is 16.8. The van der Waals surface area contributed by atoms with Crippen molar-refractivity contribution >= 4 is 23.6 Å². The van der Waals surface area contributed by atoms with Crippen LogP contribution in [0.2, 0.25) is 0 Å². The quantitative estimate of drug-likeness (QED) is 0.361. The molecule has 11 heteroatoms. The highest BCUT2D eigenvalue weighted by Crippen LogP contribution is 2.45. The standard InChI is InChI=1S/C31H46N4O7/c1-40-23-17-21(18-24(41-2)27(23)42-3)26(20-11-5-4-6-12-20)29(38)35-16-10-7-13-22(35)28(37)34-31(14-8-9-15-31)30(39)33-19-25(32)36/h17-18,20,22,26H,4-16,19H2,1-3H3,(H2,32,36)(H,33,39)(H,34,37)/t22?,26-/m0/s1.